The van der Waals surface area contributed by atoms with Crippen molar-refractivity contribution in [3.05, 3.63) is 48.0 Å². The summed E-state index contributed by atoms with van der Waals surface area (Å²) in [5, 5.41) is 7.63. The first-order chi connectivity index (χ1) is 26.9. The van der Waals surface area contributed by atoms with E-state index in [1.807, 2.05) is 49.6 Å². The Morgan fingerprint density at radius 1 is 0.696 bits per heavy atom. The average Bonchev–Trinajstić information content (AvgIpc) is 4.03. The van der Waals surface area contributed by atoms with Crippen LogP contribution in [0.15, 0.2) is 36.4 Å². The van der Waals surface area contributed by atoms with Gasteiger partial charge in [0.25, 0.3) is 0 Å². The number of likely N-dealkylation sites (tertiary alicyclic amines) is 2. The van der Waals surface area contributed by atoms with Crippen molar-refractivity contribution in [2.24, 2.45) is 11.8 Å². The molecule has 0 unspecified atom stereocenters. The van der Waals surface area contributed by atoms with Crippen molar-refractivity contribution in [2.45, 2.75) is 77.5 Å². The Labute approximate surface area is 331 Å². The van der Waals surface area contributed by atoms with E-state index in [1.165, 1.54) is 14.2 Å². The zero-order valence-corrected chi connectivity index (χ0v) is 33.9. The van der Waals surface area contributed by atoms with Gasteiger partial charge in [0.15, 0.2) is 0 Å². The second kappa shape index (κ2) is 15.0. The van der Waals surface area contributed by atoms with Crippen molar-refractivity contribution in [1.82, 2.24) is 40.4 Å². The number of rotatable bonds is 9. The molecule has 4 N–H and O–H groups in total. The molecule has 2 fully saturated rings. The van der Waals surface area contributed by atoms with Crippen LogP contribution in [0.5, 0.6) is 0 Å². The van der Waals surface area contributed by atoms with Gasteiger partial charge in [0, 0.05) is 22.8 Å². The molecule has 0 saturated carbocycles. The van der Waals surface area contributed by atoms with Gasteiger partial charge in [-0.25, -0.2) is 19.6 Å². The van der Waals surface area contributed by atoms with Crippen molar-refractivity contribution in [1.29, 1.82) is 0 Å². The summed E-state index contributed by atoms with van der Waals surface area (Å²) in [7, 11) is 2.59. The summed E-state index contributed by atoms with van der Waals surface area (Å²) in [6.07, 6.45) is 1.99. The number of thiophene rings is 2. The summed E-state index contributed by atoms with van der Waals surface area (Å²) in [6, 6.07) is 10.9. The van der Waals surface area contributed by atoms with Crippen LogP contribution in [0.4, 0.5) is 9.59 Å². The predicted molar refractivity (Wildman–Crippen MR) is 218 cm³/mol. The van der Waals surface area contributed by atoms with Gasteiger partial charge in [0.05, 0.1) is 46.7 Å². The van der Waals surface area contributed by atoms with Gasteiger partial charge in [0.1, 0.15) is 34.8 Å². The molecule has 56 heavy (non-hydrogen) atoms. The lowest BCUT2D eigenvalue weighted by Gasteiger charge is -2.29. The van der Waals surface area contributed by atoms with Crippen LogP contribution < -0.4 is 10.6 Å². The third kappa shape index (κ3) is 6.71. The average molecular weight is 799 g/mol. The molecule has 2 saturated heterocycles. The Morgan fingerprint density at radius 2 is 1.11 bits per heavy atom. The number of imidazole rings is 2. The quantitative estimate of drug-likeness (QED) is 0.116. The summed E-state index contributed by atoms with van der Waals surface area (Å²) in [5.74, 6) is 0.987. The van der Waals surface area contributed by atoms with Gasteiger partial charge < -0.3 is 39.9 Å². The third-order valence-corrected chi connectivity index (χ3v) is 13.6. The molecule has 8 rings (SSSR count). The molecule has 6 aromatic rings. The molecule has 2 aliphatic rings. The summed E-state index contributed by atoms with van der Waals surface area (Å²) >= 11 is 3.39. The number of alkyl carbamates (subject to hydrolysis) is 2. The molecule has 0 bridgehead atoms. The Bertz CT molecular complexity index is 2310. The Kier molecular flexibility index (Phi) is 10.1. The molecule has 14 nitrogen and oxygen atoms in total. The first kappa shape index (κ1) is 37.7. The predicted octanol–water partition coefficient (Wildman–Crippen LogP) is 7.62. The first-order valence-corrected chi connectivity index (χ1v) is 20.7. The fourth-order valence-corrected chi connectivity index (χ4v) is 10.5. The molecule has 6 heterocycles. The van der Waals surface area contributed by atoms with Crippen molar-refractivity contribution >= 4 is 88.9 Å². The van der Waals surface area contributed by atoms with E-state index in [9.17, 15) is 19.2 Å². The minimum absolute atomic E-state index is 0.114. The molecular weight excluding hydrogens is 753 g/mol. The number of H-pyrrole nitrogens is 2. The molecule has 4 amide bonds. The highest BCUT2D eigenvalue weighted by Gasteiger charge is 2.39. The number of aromatic nitrogens is 4. The normalized spacial score (nSPS) is 18.5. The summed E-state index contributed by atoms with van der Waals surface area (Å²) in [5.41, 5.74) is 3.57. The van der Waals surface area contributed by atoms with E-state index in [-0.39, 0.29) is 35.7 Å². The Balaban J connectivity index is 1.08. The molecule has 294 valence electrons. The Hall–Kier alpha value is -5.22. The second-order valence-electron chi connectivity index (χ2n) is 15.3. The van der Waals surface area contributed by atoms with Crippen LogP contribution in [0.1, 0.15) is 77.1 Å². The minimum Gasteiger partial charge on any atom is -0.453 e. The maximum Gasteiger partial charge on any atom is 0.407 e. The highest BCUT2D eigenvalue weighted by atomic mass is 32.1. The van der Waals surface area contributed by atoms with Gasteiger partial charge in [-0.05, 0) is 72.6 Å². The standard InChI is InChI=1S/C40H46N8O6S2/c1-19(2)29(45-39(51)53-5)37(49)47-15-7-9-25(47)35-41-23-13-11-21-17-27(55-33(21)31(23)43-35)28-18-22-12-14-24-32(34(22)56-28)44-36(42-24)26-10-8-16-48(26)38(50)30(20(3)4)46-40(52)54-6/h11-14,17-20,25-26,29-30H,7-10,15-16H2,1-6H3,(H,41,43)(H,42,44)(H,45,51)(H,46,52)/t25-,26-,29-,30-/m0/s1. The molecule has 0 aliphatic carbocycles. The van der Waals surface area contributed by atoms with Crippen molar-refractivity contribution < 1.29 is 28.7 Å². The summed E-state index contributed by atoms with van der Waals surface area (Å²) in [6.45, 7) is 8.82. The minimum atomic E-state index is -0.699. The van der Waals surface area contributed by atoms with Gasteiger partial charge in [0.2, 0.25) is 11.8 Å². The first-order valence-electron chi connectivity index (χ1n) is 19.1. The van der Waals surface area contributed by atoms with Crippen molar-refractivity contribution in [3.8, 4) is 9.75 Å². The van der Waals surface area contributed by atoms with E-state index < -0.39 is 24.3 Å². The highest BCUT2D eigenvalue weighted by molar-refractivity contribution is 7.29. The van der Waals surface area contributed by atoms with Crippen LogP contribution in [-0.2, 0) is 19.1 Å². The molecule has 0 radical (unpaired) electrons. The monoisotopic (exact) mass is 798 g/mol. The van der Waals surface area contributed by atoms with Gasteiger partial charge in [-0.1, -0.05) is 39.8 Å². The smallest absolute Gasteiger partial charge is 0.407 e. The third-order valence-electron chi connectivity index (χ3n) is 11.0. The lowest BCUT2D eigenvalue weighted by atomic mass is 10.0. The van der Waals surface area contributed by atoms with Crippen LogP contribution in [0.3, 0.4) is 0 Å². The molecule has 16 heteroatoms. The number of amides is 4. The van der Waals surface area contributed by atoms with Gasteiger partial charge in [-0.15, -0.1) is 22.7 Å². The van der Waals surface area contributed by atoms with E-state index in [0.29, 0.717) is 13.1 Å². The van der Waals surface area contributed by atoms with Gasteiger partial charge >= 0.3 is 12.2 Å². The van der Waals surface area contributed by atoms with E-state index in [4.69, 9.17) is 19.4 Å². The maximum absolute atomic E-state index is 13.7. The van der Waals surface area contributed by atoms with Crippen LogP contribution in [-0.4, -0.2) is 93.1 Å². The maximum atomic E-state index is 13.7. The second-order valence-corrected chi connectivity index (χ2v) is 17.4. The number of nitrogens with zero attached hydrogens (tertiary/aromatic N) is 4. The number of aromatic amines is 2. The van der Waals surface area contributed by atoms with E-state index >= 15 is 0 Å². The number of ether oxygens (including phenoxy) is 2. The number of nitrogens with one attached hydrogen (secondary N) is 4. The fraction of sp³-hybridized carbons (Fsp3) is 0.450. The number of hydrogen-bond acceptors (Lipinski definition) is 10. The fourth-order valence-electron chi connectivity index (χ4n) is 8.12. The molecule has 0 spiro atoms. The van der Waals surface area contributed by atoms with Crippen LogP contribution >= 0.6 is 22.7 Å². The molecule has 2 aliphatic heterocycles. The van der Waals surface area contributed by atoms with Crippen LogP contribution in [0.2, 0.25) is 0 Å². The zero-order valence-electron chi connectivity index (χ0n) is 32.2. The SMILES string of the molecule is COC(=O)N[C@H](C(=O)N1CCC[C@H]1c1nc2c(ccc3cc(-c4cc5ccc6[nH]c([C@@H]7CCCN7C(=O)[C@@H](NC(=O)OC)C(C)C)nc6c5s4)sc32)[nH]1)C(C)C. The van der Waals surface area contributed by atoms with Crippen molar-refractivity contribution in [3.63, 3.8) is 0 Å². The van der Waals surface area contributed by atoms with Crippen molar-refractivity contribution in [2.75, 3.05) is 27.3 Å². The molecule has 4 aromatic heterocycles. The lowest BCUT2D eigenvalue weighted by molar-refractivity contribution is -0.136. The largest absolute Gasteiger partial charge is 0.453 e. The molecular formula is C40H46N8O6S2. The van der Waals surface area contributed by atoms with Gasteiger partial charge in [-0.2, -0.15) is 0 Å². The summed E-state index contributed by atoms with van der Waals surface area (Å²) in [4.78, 5) is 74.8. The highest BCUT2D eigenvalue weighted by Crippen LogP contribution is 2.44. The molecule has 2 aromatic carbocycles. The van der Waals surface area contributed by atoms with Gasteiger partial charge in [-0.3, -0.25) is 9.59 Å². The summed E-state index contributed by atoms with van der Waals surface area (Å²) < 4.78 is 11.7. The number of benzene rings is 2. The van der Waals surface area contributed by atoms with Crippen LogP contribution in [0.25, 0.3) is 52.0 Å². The van der Waals surface area contributed by atoms with E-state index in [2.05, 4.69) is 44.9 Å². The number of carbonyl (C=O) groups excluding carboxylic acids is 4. The van der Waals surface area contributed by atoms with E-state index in [1.54, 1.807) is 22.7 Å². The molecule has 4 atom stereocenters. The Morgan fingerprint density at radius 3 is 1.48 bits per heavy atom. The number of methoxy groups -OCH3 is 2. The number of carbonyl (C=O) groups is 4. The van der Waals surface area contributed by atoms with Crippen LogP contribution in [0, 0.1) is 11.8 Å². The van der Waals surface area contributed by atoms with E-state index in [0.717, 1.165) is 89.3 Å². The number of fused-ring (bicyclic) bond motifs is 6. The topological polar surface area (TPSA) is 175 Å². The lowest BCUT2D eigenvalue weighted by Crippen LogP contribution is -2.51. The number of hydrogen-bond donors (Lipinski definition) is 4. The zero-order chi connectivity index (χ0) is 39.4.